The number of benzene rings is 2. The van der Waals surface area contributed by atoms with Gasteiger partial charge in [-0.25, -0.2) is 4.79 Å². The van der Waals surface area contributed by atoms with E-state index in [-0.39, 0.29) is 5.56 Å². The van der Waals surface area contributed by atoms with Gasteiger partial charge in [-0.05, 0) is 24.3 Å². The zero-order valence-electron chi connectivity index (χ0n) is 10.9. The average Bonchev–Trinajstić information content (AvgIpc) is 3.12. The number of aromatic amines is 2. The number of rotatable bonds is 2. The van der Waals surface area contributed by atoms with Crippen molar-refractivity contribution in [3.8, 4) is 11.3 Å². The van der Waals surface area contributed by atoms with Crippen molar-refractivity contribution in [2.24, 2.45) is 0 Å². The van der Waals surface area contributed by atoms with Crippen LogP contribution in [-0.4, -0.2) is 26.3 Å². The van der Waals surface area contributed by atoms with E-state index >= 15 is 0 Å². The van der Waals surface area contributed by atoms with Gasteiger partial charge in [0.1, 0.15) is 0 Å². The van der Waals surface area contributed by atoms with Crippen LogP contribution in [0, 0.1) is 0 Å². The van der Waals surface area contributed by atoms with Gasteiger partial charge in [-0.2, -0.15) is 5.10 Å². The van der Waals surface area contributed by atoms with Gasteiger partial charge in [-0.15, -0.1) is 0 Å². The number of aromatic nitrogens is 3. The number of carboxylic acid groups (broad SMARTS) is 1. The Morgan fingerprint density at radius 3 is 2.90 bits per heavy atom. The van der Waals surface area contributed by atoms with Gasteiger partial charge in [0.25, 0.3) is 0 Å². The number of aromatic carboxylic acids is 1. The molecular weight excluding hydrogens is 266 g/mol. The molecule has 0 spiro atoms. The lowest BCUT2D eigenvalue weighted by Crippen LogP contribution is -1.96. The third-order valence-electron chi connectivity index (χ3n) is 3.66. The summed E-state index contributed by atoms with van der Waals surface area (Å²) in [5.41, 5.74) is 3.56. The van der Waals surface area contributed by atoms with Gasteiger partial charge < -0.3 is 10.1 Å². The topological polar surface area (TPSA) is 81.8 Å². The minimum Gasteiger partial charge on any atom is -0.478 e. The van der Waals surface area contributed by atoms with Crippen molar-refractivity contribution in [1.82, 2.24) is 15.2 Å². The Morgan fingerprint density at radius 2 is 2.05 bits per heavy atom. The molecule has 2 aromatic carbocycles. The first-order valence-electron chi connectivity index (χ1n) is 6.52. The van der Waals surface area contributed by atoms with E-state index in [1.54, 1.807) is 12.1 Å². The molecule has 0 aliphatic rings. The van der Waals surface area contributed by atoms with Crippen molar-refractivity contribution in [3.63, 3.8) is 0 Å². The summed E-state index contributed by atoms with van der Waals surface area (Å²) in [6.07, 6.45) is 1.89. The van der Waals surface area contributed by atoms with E-state index in [1.165, 1.54) is 0 Å². The van der Waals surface area contributed by atoms with E-state index in [2.05, 4.69) is 15.2 Å². The molecule has 0 bridgehead atoms. The number of para-hydroxylation sites is 1. The molecule has 5 heteroatoms. The van der Waals surface area contributed by atoms with E-state index in [9.17, 15) is 9.90 Å². The van der Waals surface area contributed by atoms with Crippen LogP contribution in [0.1, 0.15) is 10.4 Å². The van der Waals surface area contributed by atoms with Crippen LogP contribution >= 0.6 is 0 Å². The Kier molecular flexibility index (Phi) is 2.35. The summed E-state index contributed by atoms with van der Waals surface area (Å²) in [6, 6.07) is 13.2. The van der Waals surface area contributed by atoms with E-state index < -0.39 is 5.97 Å². The second-order valence-electron chi connectivity index (χ2n) is 4.89. The molecule has 4 rings (SSSR count). The van der Waals surface area contributed by atoms with Crippen LogP contribution in [0.15, 0.2) is 48.7 Å². The SMILES string of the molecule is O=C(O)c1cccc2c(-c3ccc4[nH]ccc4c3)n[nH]c12. The Labute approximate surface area is 119 Å². The van der Waals surface area contributed by atoms with Crippen LogP contribution in [0.4, 0.5) is 0 Å². The van der Waals surface area contributed by atoms with Crippen LogP contribution in [0.25, 0.3) is 33.1 Å². The van der Waals surface area contributed by atoms with Crippen LogP contribution in [0.3, 0.4) is 0 Å². The number of H-pyrrole nitrogens is 2. The van der Waals surface area contributed by atoms with Gasteiger partial charge in [-0.3, -0.25) is 5.10 Å². The van der Waals surface area contributed by atoms with Crippen LogP contribution in [0.2, 0.25) is 0 Å². The number of fused-ring (bicyclic) bond motifs is 2. The maximum Gasteiger partial charge on any atom is 0.337 e. The Morgan fingerprint density at radius 1 is 1.14 bits per heavy atom. The van der Waals surface area contributed by atoms with Gasteiger partial charge in [0.05, 0.1) is 16.8 Å². The van der Waals surface area contributed by atoms with Crippen molar-refractivity contribution in [2.45, 2.75) is 0 Å². The Balaban J connectivity index is 1.98. The van der Waals surface area contributed by atoms with E-state index in [1.807, 2.05) is 36.5 Å². The molecule has 0 saturated heterocycles. The van der Waals surface area contributed by atoms with Crippen molar-refractivity contribution >= 4 is 27.8 Å². The summed E-state index contributed by atoms with van der Waals surface area (Å²) < 4.78 is 0. The Hall–Kier alpha value is -3.08. The number of nitrogens with zero attached hydrogens (tertiary/aromatic N) is 1. The van der Waals surface area contributed by atoms with Crippen molar-refractivity contribution in [3.05, 3.63) is 54.2 Å². The smallest absolute Gasteiger partial charge is 0.337 e. The summed E-state index contributed by atoms with van der Waals surface area (Å²) in [4.78, 5) is 14.4. The lowest BCUT2D eigenvalue weighted by molar-refractivity contribution is 0.0699. The number of carboxylic acids is 1. The summed E-state index contributed by atoms with van der Waals surface area (Å²) in [5, 5.41) is 18.3. The fraction of sp³-hybridized carbons (Fsp3) is 0. The Bertz CT molecular complexity index is 981. The fourth-order valence-corrected chi connectivity index (χ4v) is 2.64. The van der Waals surface area contributed by atoms with Crippen LogP contribution in [-0.2, 0) is 0 Å². The average molecular weight is 277 g/mol. The first kappa shape index (κ1) is 11.7. The molecule has 0 saturated carbocycles. The predicted molar refractivity (Wildman–Crippen MR) is 80.3 cm³/mol. The fourth-order valence-electron chi connectivity index (χ4n) is 2.64. The van der Waals surface area contributed by atoms with Crippen molar-refractivity contribution < 1.29 is 9.90 Å². The molecule has 0 unspecified atom stereocenters. The molecule has 4 aromatic rings. The summed E-state index contributed by atoms with van der Waals surface area (Å²) in [7, 11) is 0. The first-order valence-corrected chi connectivity index (χ1v) is 6.52. The highest BCUT2D eigenvalue weighted by Crippen LogP contribution is 2.29. The lowest BCUT2D eigenvalue weighted by atomic mass is 10.0. The normalized spacial score (nSPS) is 11.2. The van der Waals surface area contributed by atoms with Crippen LogP contribution in [0.5, 0.6) is 0 Å². The van der Waals surface area contributed by atoms with Gasteiger partial charge in [-0.1, -0.05) is 18.2 Å². The number of hydrogen-bond acceptors (Lipinski definition) is 2. The van der Waals surface area contributed by atoms with Crippen molar-refractivity contribution in [1.29, 1.82) is 0 Å². The van der Waals surface area contributed by atoms with E-state index in [0.29, 0.717) is 5.52 Å². The summed E-state index contributed by atoms with van der Waals surface area (Å²) in [6.45, 7) is 0. The zero-order chi connectivity index (χ0) is 14.4. The highest BCUT2D eigenvalue weighted by molar-refractivity contribution is 6.06. The molecule has 0 atom stereocenters. The van der Waals surface area contributed by atoms with Gasteiger partial charge in [0, 0.05) is 28.0 Å². The van der Waals surface area contributed by atoms with Gasteiger partial charge in [0.2, 0.25) is 0 Å². The molecule has 2 aromatic heterocycles. The second-order valence-corrected chi connectivity index (χ2v) is 4.89. The first-order chi connectivity index (χ1) is 10.2. The molecule has 5 nitrogen and oxygen atoms in total. The minimum atomic E-state index is -0.961. The zero-order valence-corrected chi connectivity index (χ0v) is 10.9. The molecular formula is C16H11N3O2. The van der Waals surface area contributed by atoms with Gasteiger partial charge >= 0.3 is 5.97 Å². The van der Waals surface area contributed by atoms with E-state index in [4.69, 9.17) is 0 Å². The van der Waals surface area contributed by atoms with Crippen molar-refractivity contribution in [2.75, 3.05) is 0 Å². The quantitative estimate of drug-likeness (QED) is 0.525. The van der Waals surface area contributed by atoms with Crippen LogP contribution < -0.4 is 0 Å². The molecule has 0 radical (unpaired) electrons. The largest absolute Gasteiger partial charge is 0.478 e. The monoisotopic (exact) mass is 277 g/mol. The highest BCUT2D eigenvalue weighted by atomic mass is 16.4. The maximum atomic E-state index is 11.2. The molecule has 102 valence electrons. The third-order valence-corrected chi connectivity index (χ3v) is 3.66. The molecule has 2 heterocycles. The summed E-state index contributed by atoms with van der Waals surface area (Å²) >= 11 is 0. The second kappa shape index (κ2) is 4.21. The summed E-state index contributed by atoms with van der Waals surface area (Å²) in [5.74, 6) is -0.961. The minimum absolute atomic E-state index is 0.231. The highest BCUT2D eigenvalue weighted by Gasteiger charge is 2.14. The molecule has 0 aliphatic heterocycles. The predicted octanol–water partition coefficient (Wildman–Crippen LogP) is 3.41. The number of hydrogen-bond donors (Lipinski definition) is 3. The molecule has 0 aliphatic carbocycles. The van der Waals surface area contributed by atoms with E-state index in [0.717, 1.165) is 27.5 Å². The van der Waals surface area contributed by atoms with Gasteiger partial charge in [0.15, 0.2) is 0 Å². The molecule has 3 N–H and O–H groups in total. The standard InChI is InChI=1S/C16H11N3O2/c20-16(21)12-3-1-2-11-14(18-19-15(11)12)10-4-5-13-9(8-10)6-7-17-13/h1-8,17H,(H,18,19)(H,20,21). The third kappa shape index (κ3) is 1.71. The number of nitrogens with one attached hydrogen (secondary N) is 2. The molecule has 21 heavy (non-hydrogen) atoms. The maximum absolute atomic E-state index is 11.2. The lowest BCUT2D eigenvalue weighted by Gasteiger charge is -2.00. The molecule has 0 amide bonds. The number of carbonyl (C=O) groups is 1. The molecule has 0 fully saturated rings.